The van der Waals surface area contributed by atoms with Crippen molar-refractivity contribution in [1.29, 1.82) is 0 Å². The van der Waals surface area contributed by atoms with E-state index in [9.17, 15) is 13.2 Å². The molecule has 0 spiro atoms. The van der Waals surface area contributed by atoms with E-state index in [-0.39, 0.29) is 17.7 Å². The molecule has 2 saturated heterocycles. The summed E-state index contributed by atoms with van der Waals surface area (Å²) in [4.78, 5) is 15.1. The van der Waals surface area contributed by atoms with Crippen LogP contribution >= 0.6 is 0 Å². The van der Waals surface area contributed by atoms with Crippen molar-refractivity contribution in [3.63, 3.8) is 0 Å². The largest absolute Gasteiger partial charge is 0.335 e. The van der Waals surface area contributed by atoms with Crippen LogP contribution in [0.15, 0.2) is 54.6 Å². The Bertz CT molecular complexity index is 927. The monoisotopic (exact) mass is 384 g/mol. The summed E-state index contributed by atoms with van der Waals surface area (Å²) in [6.45, 7) is 1.24. The summed E-state index contributed by atoms with van der Waals surface area (Å²) in [7, 11) is -3.24. The molecule has 0 N–H and O–H groups in total. The van der Waals surface area contributed by atoms with Crippen LogP contribution in [0.3, 0.4) is 0 Å². The van der Waals surface area contributed by atoms with Gasteiger partial charge in [-0.05, 0) is 49.4 Å². The normalized spacial score (nSPS) is 21.6. The molecule has 4 rings (SSSR count). The van der Waals surface area contributed by atoms with Crippen molar-refractivity contribution in [2.45, 2.75) is 31.7 Å². The molecule has 2 heterocycles. The van der Waals surface area contributed by atoms with Crippen LogP contribution < -0.4 is 4.31 Å². The maximum Gasteiger partial charge on any atom is 0.254 e. The standard InChI is InChI=1S/C21H24N2O3S/c24-21(22-12-5-11-19(22)15-17-7-2-1-3-8-17)18-9-4-10-20(16-18)23-13-6-14-27(23,25)26/h1-4,7-10,16,19H,5-6,11-15H2. The Morgan fingerprint density at radius 3 is 2.56 bits per heavy atom. The molecule has 2 aromatic carbocycles. The fourth-order valence-corrected chi connectivity index (χ4v) is 5.65. The fraction of sp³-hybridized carbons (Fsp3) is 0.381. The number of hydrogen-bond acceptors (Lipinski definition) is 3. The summed E-state index contributed by atoms with van der Waals surface area (Å²) < 4.78 is 25.8. The predicted octanol–water partition coefficient (Wildman–Crippen LogP) is 3.07. The fourth-order valence-electron chi connectivity index (χ4n) is 4.09. The van der Waals surface area contributed by atoms with Crippen molar-refractivity contribution >= 4 is 21.6 Å². The Hall–Kier alpha value is -2.34. The second kappa shape index (κ2) is 7.35. The highest BCUT2D eigenvalue weighted by Gasteiger charge is 2.31. The van der Waals surface area contributed by atoms with Gasteiger partial charge in [0.05, 0.1) is 11.4 Å². The third-order valence-corrected chi connectivity index (χ3v) is 7.30. The van der Waals surface area contributed by atoms with Gasteiger partial charge in [0, 0.05) is 24.7 Å². The molecule has 2 fully saturated rings. The van der Waals surface area contributed by atoms with E-state index in [4.69, 9.17) is 0 Å². The van der Waals surface area contributed by atoms with E-state index in [1.165, 1.54) is 9.87 Å². The Kier molecular flexibility index (Phi) is 4.91. The number of carbonyl (C=O) groups excluding carboxylic acids is 1. The average Bonchev–Trinajstić information content (AvgIpc) is 3.27. The van der Waals surface area contributed by atoms with Crippen molar-refractivity contribution in [1.82, 2.24) is 4.90 Å². The van der Waals surface area contributed by atoms with E-state index >= 15 is 0 Å². The summed E-state index contributed by atoms with van der Waals surface area (Å²) in [5.41, 5.74) is 2.39. The van der Waals surface area contributed by atoms with Gasteiger partial charge in [-0.2, -0.15) is 0 Å². The van der Waals surface area contributed by atoms with Crippen LogP contribution in [-0.2, 0) is 16.4 Å². The van der Waals surface area contributed by atoms with Gasteiger partial charge in [-0.1, -0.05) is 36.4 Å². The van der Waals surface area contributed by atoms with Crippen molar-refractivity contribution in [2.75, 3.05) is 23.1 Å². The molecule has 27 heavy (non-hydrogen) atoms. The van der Waals surface area contributed by atoms with Crippen LogP contribution in [0.4, 0.5) is 5.69 Å². The molecule has 1 atom stereocenters. The number of rotatable bonds is 4. The lowest BCUT2D eigenvalue weighted by molar-refractivity contribution is 0.0736. The van der Waals surface area contributed by atoms with Gasteiger partial charge in [0.1, 0.15) is 0 Å². The van der Waals surface area contributed by atoms with E-state index in [0.717, 1.165) is 25.8 Å². The van der Waals surface area contributed by atoms with E-state index in [2.05, 4.69) is 12.1 Å². The lowest BCUT2D eigenvalue weighted by Gasteiger charge is -2.25. The Morgan fingerprint density at radius 1 is 1.00 bits per heavy atom. The lowest BCUT2D eigenvalue weighted by atomic mass is 10.0. The van der Waals surface area contributed by atoms with Crippen LogP contribution in [0.5, 0.6) is 0 Å². The number of benzene rings is 2. The molecular formula is C21H24N2O3S. The number of carbonyl (C=O) groups is 1. The first-order valence-electron chi connectivity index (χ1n) is 9.50. The van der Waals surface area contributed by atoms with Crippen molar-refractivity contribution in [2.24, 2.45) is 0 Å². The van der Waals surface area contributed by atoms with Gasteiger partial charge < -0.3 is 4.90 Å². The highest BCUT2D eigenvalue weighted by Crippen LogP contribution is 2.27. The van der Waals surface area contributed by atoms with Crippen LogP contribution in [0.1, 0.15) is 35.2 Å². The second-order valence-electron chi connectivity index (χ2n) is 7.28. The minimum Gasteiger partial charge on any atom is -0.335 e. The molecule has 0 bridgehead atoms. The van der Waals surface area contributed by atoms with E-state index in [1.54, 1.807) is 24.3 Å². The molecule has 6 heteroatoms. The molecular weight excluding hydrogens is 360 g/mol. The minimum atomic E-state index is -3.24. The van der Waals surface area contributed by atoms with Crippen molar-refractivity contribution in [3.05, 3.63) is 65.7 Å². The molecule has 0 aliphatic carbocycles. The Morgan fingerprint density at radius 2 is 1.81 bits per heavy atom. The molecule has 0 radical (unpaired) electrons. The minimum absolute atomic E-state index is 0.00752. The smallest absolute Gasteiger partial charge is 0.254 e. The Balaban J connectivity index is 1.54. The van der Waals surface area contributed by atoms with Gasteiger partial charge in [0.2, 0.25) is 10.0 Å². The third-order valence-electron chi connectivity index (χ3n) is 5.43. The number of amides is 1. The predicted molar refractivity (Wildman–Crippen MR) is 106 cm³/mol. The topological polar surface area (TPSA) is 57.7 Å². The highest BCUT2D eigenvalue weighted by atomic mass is 32.2. The van der Waals surface area contributed by atoms with Gasteiger partial charge in [-0.15, -0.1) is 0 Å². The molecule has 142 valence electrons. The summed E-state index contributed by atoms with van der Waals surface area (Å²) in [5.74, 6) is 0.170. The highest BCUT2D eigenvalue weighted by molar-refractivity contribution is 7.93. The molecule has 2 aliphatic heterocycles. The van der Waals surface area contributed by atoms with Gasteiger partial charge in [-0.25, -0.2) is 8.42 Å². The molecule has 2 aromatic rings. The maximum absolute atomic E-state index is 13.1. The Labute approximate surface area is 160 Å². The third kappa shape index (κ3) is 3.72. The summed E-state index contributed by atoms with van der Waals surface area (Å²) in [6, 6.07) is 17.5. The summed E-state index contributed by atoms with van der Waals surface area (Å²) in [6.07, 6.45) is 3.49. The molecule has 1 unspecified atom stereocenters. The van der Waals surface area contributed by atoms with Gasteiger partial charge >= 0.3 is 0 Å². The number of likely N-dealkylation sites (tertiary alicyclic amines) is 1. The summed E-state index contributed by atoms with van der Waals surface area (Å²) in [5, 5.41) is 0. The van der Waals surface area contributed by atoms with Crippen LogP contribution in [0, 0.1) is 0 Å². The zero-order chi connectivity index (χ0) is 18.9. The zero-order valence-corrected chi connectivity index (χ0v) is 16.1. The van der Waals surface area contributed by atoms with Gasteiger partial charge in [0.25, 0.3) is 5.91 Å². The molecule has 5 nitrogen and oxygen atoms in total. The maximum atomic E-state index is 13.1. The van der Waals surface area contributed by atoms with Crippen LogP contribution in [0.2, 0.25) is 0 Å². The number of hydrogen-bond donors (Lipinski definition) is 0. The van der Waals surface area contributed by atoms with Crippen LogP contribution in [0.25, 0.3) is 0 Å². The zero-order valence-electron chi connectivity index (χ0n) is 15.3. The first kappa shape index (κ1) is 18.0. The number of sulfonamides is 1. The first-order chi connectivity index (χ1) is 13.0. The SMILES string of the molecule is O=C(c1cccc(N2CCCS2(=O)=O)c1)N1CCCC1Cc1ccccc1. The second-order valence-corrected chi connectivity index (χ2v) is 9.29. The van der Waals surface area contributed by atoms with E-state index in [0.29, 0.717) is 24.2 Å². The molecule has 2 aliphatic rings. The number of nitrogens with zero attached hydrogens (tertiary/aromatic N) is 2. The van der Waals surface area contributed by atoms with Crippen LogP contribution in [-0.4, -0.2) is 44.1 Å². The van der Waals surface area contributed by atoms with E-state index in [1.807, 2.05) is 23.1 Å². The first-order valence-corrected chi connectivity index (χ1v) is 11.1. The van der Waals surface area contributed by atoms with E-state index < -0.39 is 10.0 Å². The molecule has 1 amide bonds. The molecule has 0 saturated carbocycles. The van der Waals surface area contributed by atoms with Crippen molar-refractivity contribution < 1.29 is 13.2 Å². The number of anilines is 1. The van der Waals surface area contributed by atoms with Gasteiger partial charge in [0.15, 0.2) is 0 Å². The molecule has 0 aromatic heterocycles. The van der Waals surface area contributed by atoms with Crippen molar-refractivity contribution in [3.8, 4) is 0 Å². The summed E-state index contributed by atoms with van der Waals surface area (Å²) >= 11 is 0. The average molecular weight is 385 g/mol. The van der Waals surface area contributed by atoms with Gasteiger partial charge in [-0.3, -0.25) is 9.10 Å². The lowest BCUT2D eigenvalue weighted by Crippen LogP contribution is -2.37. The quantitative estimate of drug-likeness (QED) is 0.814.